The third-order valence-corrected chi connectivity index (χ3v) is 4.84. The van der Waals surface area contributed by atoms with E-state index in [9.17, 15) is 4.79 Å². The predicted octanol–water partition coefficient (Wildman–Crippen LogP) is 3.51. The van der Waals surface area contributed by atoms with Crippen LogP contribution in [0.2, 0.25) is 0 Å². The molecule has 0 amide bonds. The van der Waals surface area contributed by atoms with Gasteiger partial charge in [0.1, 0.15) is 0 Å². The van der Waals surface area contributed by atoms with Crippen LogP contribution in [-0.2, 0) is 17.6 Å². The number of hydrogen-bond acceptors (Lipinski definition) is 4. The van der Waals surface area contributed by atoms with Gasteiger partial charge < -0.3 is 18.6 Å². The van der Waals surface area contributed by atoms with Crippen molar-refractivity contribution in [2.45, 2.75) is 12.8 Å². The summed E-state index contributed by atoms with van der Waals surface area (Å²) in [6.07, 6.45) is 3.60. The van der Waals surface area contributed by atoms with Gasteiger partial charge in [0.05, 0.1) is 38.1 Å². The Balaban J connectivity index is 2.07. The normalized spacial score (nSPS) is 12.4. The molecule has 5 nitrogen and oxygen atoms in total. The average Bonchev–Trinajstić information content (AvgIpc) is 3.00. The van der Waals surface area contributed by atoms with Crippen LogP contribution in [0.1, 0.15) is 21.5 Å². The highest BCUT2D eigenvalue weighted by Crippen LogP contribution is 2.43. The molecule has 0 unspecified atom stereocenters. The Hall–Kier alpha value is -2.95. The van der Waals surface area contributed by atoms with Crippen LogP contribution in [0, 0.1) is 0 Å². The number of carbonyl (C=O) groups excluding carboxylic acids is 1. The Morgan fingerprint density at radius 2 is 1.80 bits per heavy atom. The molecule has 2 aromatic heterocycles. The Morgan fingerprint density at radius 3 is 2.52 bits per heavy atom. The summed E-state index contributed by atoms with van der Waals surface area (Å²) in [4.78, 5) is 12.4. The summed E-state index contributed by atoms with van der Waals surface area (Å²) in [5.74, 6) is 1.10. The van der Waals surface area contributed by atoms with Gasteiger partial charge in [-0.15, -0.1) is 0 Å². The summed E-state index contributed by atoms with van der Waals surface area (Å²) in [5.41, 5.74) is 5.82. The Morgan fingerprint density at radius 1 is 1.04 bits per heavy atom. The lowest BCUT2D eigenvalue weighted by Gasteiger charge is -2.20. The molecule has 2 heterocycles. The maximum Gasteiger partial charge on any atom is 0.340 e. The zero-order chi connectivity index (χ0) is 17.6. The molecule has 0 bridgehead atoms. The second-order valence-electron chi connectivity index (χ2n) is 6.01. The topological polar surface area (TPSA) is 49.2 Å². The first-order valence-electron chi connectivity index (χ1n) is 8.15. The van der Waals surface area contributed by atoms with E-state index in [1.54, 1.807) is 14.2 Å². The average molecular weight is 337 g/mol. The van der Waals surface area contributed by atoms with Gasteiger partial charge in [-0.25, -0.2) is 4.79 Å². The summed E-state index contributed by atoms with van der Waals surface area (Å²) in [7, 11) is 4.69. The molecule has 1 aliphatic carbocycles. The van der Waals surface area contributed by atoms with Crippen LogP contribution in [0.25, 0.3) is 16.8 Å². The van der Waals surface area contributed by atoms with Crippen LogP contribution in [0.15, 0.2) is 36.5 Å². The van der Waals surface area contributed by atoms with Gasteiger partial charge >= 0.3 is 5.97 Å². The lowest BCUT2D eigenvalue weighted by Crippen LogP contribution is -2.09. The van der Waals surface area contributed by atoms with E-state index in [1.165, 1.54) is 12.7 Å². The van der Waals surface area contributed by atoms with Crippen molar-refractivity contribution in [3.63, 3.8) is 0 Å². The van der Waals surface area contributed by atoms with Crippen molar-refractivity contribution in [2.24, 2.45) is 0 Å². The monoisotopic (exact) mass is 337 g/mol. The molecular weight excluding hydrogens is 318 g/mol. The van der Waals surface area contributed by atoms with E-state index in [0.29, 0.717) is 11.3 Å². The first-order valence-corrected chi connectivity index (χ1v) is 8.15. The van der Waals surface area contributed by atoms with Crippen molar-refractivity contribution in [1.29, 1.82) is 0 Å². The number of hydrogen-bond donors (Lipinski definition) is 0. The van der Waals surface area contributed by atoms with E-state index in [1.807, 2.05) is 36.5 Å². The van der Waals surface area contributed by atoms with Gasteiger partial charge in [-0.05, 0) is 48.2 Å². The van der Waals surface area contributed by atoms with Gasteiger partial charge in [0.15, 0.2) is 11.5 Å². The summed E-state index contributed by atoms with van der Waals surface area (Å²) in [6, 6.07) is 9.86. The van der Waals surface area contributed by atoms with Crippen molar-refractivity contribution in [2.75, 3.05) is 21.3 Å². The van der Waals surface area contributed by atoms with E-state index in [2.05, 4.69) is 4.40 Å². The van der Waals surface area contributed by atoms with E-state index >= 15 is 0 Å². The fourth-order valence-electron chi connectivity index (χ4n) is 3.73. The molecular formula is C20H19NO4. The molecule has 0 saturated carbocycles. The number of fused-ring (bicyclic) bond motifs is 5. The highest BCUT2D eigenvalue weighted by molar-refractivity contribution is 6.02. The van der Waals surface area contributed by atoms with Crippen LogP contribution >= 0.6 is 0 Å². The number of carbonyl (C=O) groups is 1. The van der Waals surface area contributed by atoms with Gasteiger partial charge in [0, 0.05) is 11.8 Å². The first kappa shape index (κ1) is 15.6. The second-order valence-corrected chi connectivity index (χ2v) is 6.01. The number of esters is 1. The zero-order valence-corrected chi connectivity index (χ0v) is 14.5. The largest absolute Gasteiger partial charge is 0.493 e. The molecule has 128 valence electrons. The van der Waals surface area contributed by atoms with Crippen molar-refractivity contribution < 1.29 is 19.0 Å². The smallest absolute Gasteiger partial charge is 0.340 e. The van der Waals surface area contributed by atoms with Crippen molar-refractivity contribution in [3.05, 3.63) is 53.2 Å². The number of rotatable bonds is 3. The standard InChI is InChI=1S/C20H19NO4/c1-23-16-10-12-7-8-13-18(20(22)25-3)15-6-4-5-9-21(15)19(13)14(12)11-17(16)24-2/h4-6,9-11H,7-8H2,1-3H3. The van der Waals surface area contributed by atoms with E-state index < -0.39 is 0 Å². The number of pyridine rings is 1. The van der Waals surface area contributed by atoms with Crippen LogP contribution in [0.3, 0.4) is 0 Å². The predicted molar refractivity (Wildman–Crippen MR) is 94.7 cm³/mol. The van der Waals surface area contributed by atoms with Crippen LogP contribution in [-0.4, -0.2) is 31.7 Å². The zero-order valence-electron chi connectivity index (χ0n) is 14.5. The minimum atomic E-state index is -0.297. The first-order chi connectivity index (χ1) is 12.2. The number of ether oxygens (including phenoxy) is 3. The molecule has 0 fully saturated rings. The molecule has 0 radical (unpaired) electrons. The van der Waals surface area contributed by atoms with Crippen molar-refractivity contribution >= 4 is 11.5 Å². The highest BCUT2D eigenvalue weighted by Gasteiger charge is 2.29. The summed E-state index contributed by atoms with van der Waals surface area (Å²) in [6.45, 7) is 0. The minimum Gasteiger partial charge on any atom is -0.493 e. The number of methoxy groups -OCH3 is 3. The van der Waals surface area contributed by atoms with Crippen LogP contribution < -0.4 is 9.47 Å². The van der Waals surface area contributed by atoms with Gasteiger partial charge in [-0.1, -0.05) is 6.07 Å². The van der Waals surface area contributed by atoms with Gasteiger partial charge in [0.25, 0.3) is 0 Å². The van der Waals surface area contributed by atoms with Gasteiger partial charge in [-0.2, -0.15) is 0 Å². The van der Waals surface area contributed by atoms with E-state index in [4.69, 9.17) is 14.2 Å². The molecule has 1 aromatic carbocycles. The fraction of sp³-hybridized carbons (Fsp3) is 0.250. The lowest BCUT2D eigenvalue weighted by molar-refractivity contribution is 0.0602. The highest BCUT2D eigenvalue weighted by atomic mass is 16.5. The quantitative estimate of drug-likeness (QED) is 0.686. The summed E-state index contributed by atoms with van der Waals surface area (Å²) < 4.78 is 18.0. The molecule has 0 saturated heterocycles. The van der Waals surface area contributed by atoms with Crippen molar-refractivity contribution in [1.82, 2.24) is 4.40 Å². The van der Waals surface area contributed by atoms with Gasteiger partial charge in [0.2, 0.25) is 0 Å². The second kappa shape index (κ2) is 5.84. The molecule has 0 atom stereocenters. The van der Waals surface area contributed by atoms with Crippen LogP contribution in [0.4, 0.5) is 0 Å². The third-order valence-electron chi connectivity index (χ3n) is 4.84. The van der Waals surface area contributed by atoms with Crippen LogP contribution in [0.5, 0.6) is 11.5 Å². The molecule has 3 aromatic rings. The molecule has 4 rings (SSSR count). The summed E-state index contributed by atoms with van der Waals surface area (Å²) in [5, 5.41) is 0. The third kappa shape index (κ3) is 2.19. The molecule has 25 heavy (non-hydrogen) atoms. The molecule has 1 aliphatic rings. The molecule has 0 spiro atoms. The number of aryl methyl sites for hydroxylation is 1. The fourth-order valence-corrected chi connectivity index (χ4v) is 3.73. The molecule has 5 heteroatoms. The number of benzene rings is 1. The van der Waals surface area contributed by atoms with E-state index in [0.717, 1.165) is 40.9 Å². The maximum atomic E-state index is 12.4. The van der Waals surface area contributed by atoms with Gasteiger partial charge in [-0.3, -0.25) is 0 Å². The maximum absolute atomic E-state index is 12.4. The lowest BCUT2D eigenvalue weighted by atomic mass is 9.88. The molecule has 0 N–H and O–H groups in total. The van der Waals surface area contributed by atoms with Crippen molar-refractivity contribution in [3.8, 4) is 22.8 Å². The molecule has 0 aliphatic heterocycles. The minimum absolute atomic E-state index is 0.297. The Bertz CT molecular complexity index is 987. The SMILES string of the molecule is COC(=O)c1c2c(n3ccccc13)-c1cc(OC)c(OC)cc1CC2. The Labute approximate surface area is 145 Å². The van der Waals surface area contributed by atoms with E-state index in [-0.39, 0.29) is 5.97 Å². The summed E-state index contributed by atoms with van der Waals surface area (Å²) >= 11 is 0. The number of nitrogens with zero attached hydrogens (tertiary/aromatic N) is 1. The number of aromatic nitrogens is 1. The Kier molecular flexibility index (Phi) is 3.64.